The van der Waals surface area contributed by atoms with Gasteiger partial charge in [0, 0.05) is 25.4 Å². The molecule has 1 saturated carbocycles. The molecule has 1 aliphatic heterocycles. The van der Waals surface area contributed by atoms with Gasteiger partial charge in [0.05, 0.1) is 41.8 Å². The normalized spacial score (nSPS) is 17.1. The second-order valence-electron chi connectivity index (χ2n) is 6.89. The SMILES string of the molecule is CN(C(=O)c1cnn2c1CN(C(=O)O)CC2)C1(c2ncccc2C=O)CC1. The Morgan fingerprint density at radius 3 is 2.78 bits per heavy atom. The molecule has 27 heavy (non-hydrogen) atoms. The van der Waals surface area contributed by atoms with Crippen LogP contribution in [0, 0.1) is 0 Å². The minimum atomic E-state index is -1.02. The maximum Gasteiger partial charge on any atom is 0.407 e. The highest BCUT2D eigenvalue weighted by atomic mass is 16.4. The van der Waals surface area contributed by atoms with Crippen molar-refractivity contribution in [1.82, 2.24) is 24.6 Å². The molecule has 1 fully saturated rings. The summed E-state index contributed by atoms with van der Waals surface area (Å²) in [6.07, 6.45) is 4.29. The molecule has 0 bridgehead atoms. The lowest BCUT2D eigenvalue weighted by atomic mass is 10.0. The fraction of sp³-hybridized carbons (Fsp3) is 0.389. The number of nitrogens with zero attached hydrogens (tertiary/aromatic N) is 5. The lowest BCUT2D eigenvalue weighted by molar-refractivity contribution is 0.0693. The van der Waals surface area contributed by atoms with E-state index in [1.807, 2.05) is 0 Å². The molecule has 0 spiro atoms. The highest BCUT2D eigenvalue weighted by molar-refractivity contribution is 5.96. The zero-order chi connectivity index (χ0) is 19.2. The summed E-state index contributed by atoms with van der Waals surface area (Å²) in [7, 11) is 1.69. The van der Waals surface area contributed by atoms with E-state index in [0.717, 1.165) is 19.1 Å². The van der Waals surface area contributed by atoms with Crippen molar-refractivity contribution in [1.29, 1.82) is 0 Å². The first-order valence-electron chi connectivity index (χ1n) is 8.69. The quantitative estimate of drug-likeness (QED) is 0.815. The summed E-state index contributed by atoms with van der Waals surface area (Å²) in [5.41, 5.74) is 1.45. The van der Waals surface area contributed by atoms with Gasteiger partial charge in [-0.2, -0.15) is 5.10 Å². The van der Waals surface area contributed by atoms with E-state index in [1.165, 1.54) is 11.1 Å². The van der Waals surface area contributed by atoms with Crippen LogP contribution < -0.4 is 0 Å². The predicted octanol–water partition coefficient (Wildman–Crippen LogP) is 1.35. The Bertz CT molecular complexity index is 934. The Balaban J connectivity index is 1.66. The highest BCUT2D eigenvalue weighted by Crippen LogP contribution is 2.51. The van der Waals surface area contributed by atoms with E-state index >= 15 is 0 Å². The maximum atomic E-state index is 13.2. The van der Waals surface area contributed by atoms with Crippen molar-refractivity contribution in [3.63, 3.8) is 0 Å². The summed E-state index contributed by atoms with van der Waals surface area (Å²) in [6, 6.07) is 3.39. The van der Waals surface area contributed by atoms with Crippen LogP contribution in [0.3, 0.4) is 0 Å². The predicted molar refractivity (Wildman–Crippen MR) is 93.3 cm³/mol. The standard InChI is InChI=1S/C18H19N5O4/c1-21(18(4-5-18)15-12(11-24)3-2-6-19-15)16(25)13-9-20-23-8-7-22(17(26)27)10-14(13)23/h2-3,6,9,11H,4-5,7-8,10H2,1H3,(H,26,27). The van der Waals surface area contributed by atoms with Gasteiger partial charge in [-0.3, -0.25) is 19.3 Å². The molecule has 4 rings (SSSR count). The number of amides is 2. The molecule has 9 heteroatoms. The molecule has 0 radical (unpaired) electrons. The number of carbonyl (C=O) groups is 3. The van der Waals surface area contributed by atoms with Gasteiger partial charge >= 0.3 is 6.09 Å². The van der Waals surface area contributed by atoms with Gasteiger partial charge in [-0.1, -0.05) is 0 Å². The van der Waals surface area contributed by atoms with Gasteiger partial charge in [-0.05, 0) is 25.0 Å². The lowest BCUT2D eigenvalue weighted by Gasteiger charge is -2.30. The highest BCUT2D eigenvalue weighted by Gasteiger charge is 2.52. The molecule has 3 heterocycles. The molecule has 0 saturated heterocycles. The molecule has 0 atom stereocenters. The van der Waals surface area contributed by atoms with Crippen molar-refractivity contribution in [3.8, 4) is 0 Å². The minimum Gasteiger partial charge on any atom is -0.465 e. The first-order valence-corrected chi connectivity index (χ1v) is 8.69. The van der Waals surface area contributed by atoms with Gasteiger partial charge in [0.25, 0.3) is 5.91 Å². The van der Waals surface area contributed by atoms with Crippen molar-refractivity contribution in [3.05, 3.63) is 47.0 Å². The van der Waals surface area contributed by atoms with E-state index < -0.39 is 11.6 Å². The monoisotopic (exact) mass is 369 g/mol. The lowest BCUT2D eigenvalue weighted by Crippen LogP contribution is -2.41. The summed E-state index contributed by atoms with van der Waals surface area (Å²) in [4.78, 5) is 43.1. The number of aldehydes is 1. The molecule has 140 valence electrons. The van der Waals surface area contributed by atoms with E-state index in [4.69, 9.17) is 0 Å². The van der Waals surface area contributed by atoms with Gasteiger partial charge in [-0.15, -0.1) is 0 Å². The van der Waals surface area contributed by atoms with Crippen LogP contribution in [0.1, 0.15) is 44.9 Å². The minimum absolute atomic E-state index is 0.125. The van der Waals surface area contributed by atoms with Crippen LogP contribution in [0.5, 0.6) is 0 Å². The first kappa shape index (κ1) is 17.2. The molecule has 9 nitrogen and oxygen atoms in total. The van der Waals surface area contributed by atoms with Crippen LogP contribution in [0.15, 0.2) is 24.5 Å². The van der Waals surface area contributed by atoms with Crippen LogP contribution in [-0.4, -0.2) is 61.5 Å². The molecule has 1 aliphatic carbocycles. The number of fused-ring (bicyclic) bond motifs is 1. The molecule has 0 aromatic carbocycles. The number of pyridine rings is 1. The van der Waals surface area contributed by atoms with Crippen LogP contribution in [-0.2, 0) is 18.6 Å². The van der Waals surface area contributed by atoms with E-state index in [9.17, 15) is 19.5 Å². The Labute approximate surface area is 155 Å². The average Bonchev–Trinajstić information content (AvgIpc) is 3.39. The van der Waals surface area contributed by atoms with E-state index in [1.54, 1.807) is 35.0 Å². The van der Waals surface area contributed by atoms with E-state index in [-0.39, 0.29) is 12.5 Å². The third-order valence-electron chi connectivity index (χ3n) is 5.45. The summed E-state index contributed by atoms with van der Waals surface area (Å²) < 4.78 is 1.68. The fourth-order valence-corrected chi connectivity index (χ4v) is 3.71. The van der Waals surface area contributed by atoms with Crippen LogP contribution in [0.2, 0.25) is 0 Å². The number of aromatic nitrogens is 3. The molecule has 2 aromatic heterocycles. The largest absolute Gasteiger partial charge is 0.465 e. The van der Waals surface area contributed by atoms with Crippen molar-refractivity contribution in [2.24, 2.45) is 0 Å². The van der Waals surface area contributed by atoms with Crippen molar-refractivity contribution < 1.29 is 19.5 Å². The molecule has 0 unspecified atom stereocenters. The van der Waals surface area contributed by atoms with Gasteiger partial charge in [0.15, 0.2) is 6.29 Å². The third-order valence-corrected chi connectivity index (χ3v) is 5.45. The van der Waals surface area contributed by atoms with Gasteiger partial charge in [0.1, 0.15) is 0 Å². The average molecular weight is 369 g/mol. The summed E-state index contributed by atoms with van der Waals surface area (Å²) in [5.74, 6) is -0.247. The molecular weight excluding hydrogens is 350 g/mol. The Kier molecular flexibility index (Phi) is 3.94. The fourth-order valence-electron chi connectivity index (χ4n) is 3.71. The second-order valence-corrected chi connectivity index (χ2v) is 6.89. The summed E-state index contributed by atoms with van der Waals surface area (Å²) >= 11 is 0. The molecule has 2 amide bonds. The maximum absolute atomic E-state index is 13.2. The van der Waals surface area contributed by atoms with Crippen molar-refractivity contribution in [2.75, 3.05) is 13.6 Å². The number of hydrogen-bond donors (Lipinski definition) is 1. The Morgan fingerprint density at radius 2 is 2.11 bits per heavy atom. The zero-order valence-electron chi connectivity index (χ0n) is 14.8. The number of hydrogen-bond acceptors (Lipinski definition) is 5. The summed E-state index contributed by atoms with van der Waals surface area (Å²) in [6.45, 7) is 0.883. The first-order chi connectivity index (χ1) is 13.0. The zero-order valence-corrected chi connectivity index (χ0v) is 14.8. The van der Waals surface area contributed by atoms with Crippen molar-refractivity contribution >= 4 is 18.3 Å². The van der Waals surface area contributed by atoms with Crippen LogP contribution >= 0.6 is 0 Å². The van der Waals surface area contributed by atoms with Crippen LogP contribution in [0.25, 0.3) is 0 Å². The summed E-state index contributed by atoms with van der Waals surface area (Å²) in [5, 5.41) is 13.5. The molecular formula is C18H19N5O4. The molecule has 2 aromatic rings. The smallest absolute Gasteiger partial charge is 0.407 e. The Hall–Kier alpha value is -3.23. The number of rotatable bonds is 4. The number of carbonyl (C=O) groups excluding carboxylic acids is 2. The van der Waals surface area contributed by atoms with Gasteiger partial charge < -0.3 is 14.9 Å². The molecule has 2 aliphatic rings. The number of carboxylic acid groups (broad SMARTS) is 1. The van der Waals surface area contributed by atoms with E-state index in [0.29, 0.717) is 35.6 Å². The third kappa shape index (κ3) is 2.66. The van der Waals surface area contributed by atoms with Crippen LogP contribution in [0.4, 0.5) is 4.79 Å². The Morgan fingerprint density at radius 1 is 1.33 bits per heavy atom. The second kappa shape index (κ2) is 6.19. The van der Waals surface area contributed by atoms with Gasteiger partial charge in [0.2, 0.25) is 0 Å². The van der Waals surface area contributed by atoms with E-state index in [2.05, 4.69) is 10.1 Å². The topological polar surface area (TPSA) is 109 Å². The van der Waals surface area contributed by atoms with Crippen molar-refractivity contribution in [2.45, 2.75) is 31.5 Å². The van der Waals surface area contributed by atoms with Gasteiger partial charge in [-0.25, -0.2) is 4.79 Å². The molecule has 1 N–H and O–H groups in total.